The molecular formula is C35H37F2N5O5. The van der Waals surface area contributed by atoms with Crippen LogP contribution in [0.2, 0.25) is 0 Å². The Kier molecular flexibility index (Phi) is 10.1. The Balaban J connectivity index is 1.11. The van der Waals surface area contributed by atoms with E-state index in [0.29, 0.717) is 40.5 Å². The number of methoxy groups -OCH3 is 2. The average molecular weight is 646 g/mol. The number of piperazine rings is 1. The molecule has 10 nitrogen and oxygen atoms in total. The Morgan fingerprint density at radius 3 is 2.51 bits per heavy atom. The lowest BCUT2D eigenvalue weighted by molar-refractivity contribution is -0.117. The molecule has 0 aliphatic carbocycles. The number of anilines is 1. The first-order chi connectivity index (χ1) is 22.9. The second-order valence-corrected chi connectivity index (χ2v) is 11.3. The van der Waals surface area contributed by atoms with Crippen molar-refractivity contribution in [1.29, 1.82) is 0 Å². The van der Waals surface area contributed by atoms with E-state index in [1.165, 1.54) is 31.4 Å². The molecule has 4 aromatic rings. The molecule has 0 radical (unpaired) electrons. The number of rotatable bonds is 12. The van der Waals surface area contributed by atoms with E-state index in [0.717, 1.165) is 44.7 Å². The number of pyridine rings is 1. The second-order valence-electron chi connectivity index (χ2n) is 11.3. The fourth-order valence-corrected chi connectivity index (χ4v) is 5.71. The molecule has 2 atom stereocenters. The lowest BCUT2D eigenvalue weighted by atomic mass is 10.1. The summed E-state index contributed by atoms with van der Waals surface area (Å²) in [5.41, 5.74) is 1.62. The molecule has 3 N–H and O–H groups in total. The summed E-state index contributed by atoms with van der Waals surface area (Å²) in [4.78, 5) is 20.0. The smallest absolute Gasteiger partial charge is 0.249 e. The molecule has 2 unspecified atom stereocenters. The molecule has 1 fully saturated rings. The summed E-state index contributed by atoms with van der Waals surface area (Å²) in [7, 11) is 3.03. The van der Waals surface area contributed by atoms with Gasteiger partial charge >= 0.3 is 0 Å². The van der Waals surface area contributed by atoms with Gasteiger partial charge < -0.3 is 34.5 Å². The van der Waals surface area contributed by atoms with Crippen LogP contribution < -0.4 is 30.2 Å². The van der Waals surface area contributed by atoms with Crippen molar-refractivity contribution in [3.63, 3.8) is 0 Å². The predicted octanol–water partition coefficient (Wildman–Crippen LogP) is 5.17. The zero-order valence-electron chi connectivity index (χ0n) is 26.2. The van der Waals surface area contributed by atoms with Crippen molar-refractivity contribution in [1.82, 2.24) is 20.5 Å². The van der Waals surface area contributed by atoms with Crippen LogP contribution in [0.15, 0.2) is 78.7 Å². The Morgan fingerprint density at radius 2 is 1.77 bits per heavy atom. The first kappa shape index (κ1) is 32.2. The van der Waals surface area contributed by atoms with E-state index < -0.39 is 17.8 Å². The highest BCUT2D eigenvalue weighted by Crippen LogP contribution is 2.38. The number of nitrogens with zero attached hydrogens (tertiary/aromatic N) is 2. The van der Waals surface area contributed by atoms with Gasteiger partial charge in [0.1, 0.15) is 23.4 Å². The molecule has 3 heterocycles. The van der Waals surface area contributed by atoms with Crippen LogP contribution in [-0.2, 0) is 9.53 Å². The van der Waals surface area contributed by atoms with Crippen molar-refractivity contribution in [3.8, 4) is 23.0 Å². The van der Waals surface area contributed by atoms with Crippen LogP contribution in [0.3, 0.4) is 0 Å². The predicted molar refractivity (Wildman–Crippen MR) is 174 cm³/mol. The summed E-state index contributed by atoms with van der Waals surface area (Å²) < 4.78 is 51.8. The van der Waals surface area contributed by atoms with E-state index in [4.69, 9.17) is 18.9 Å². The Bertz CT molecular complexity index is 1750. The highest BCUT2D eigenvalue weighted by atomic mass is 19.1. The van der Waals surface area contributed by atoms with E-state index in [1.54, 1.807) is 55.8 Å². The maximum Gasteiger partial charge on any atom is 0.249 e. The van der Waals surface area contributed by atoms with Gasteiger partial charge in [-0.2, -0.15) is 0 Å². The van der Waals surface area contributed by atoms with Crippen molar-refractivity contribution in [2.45, 2.75) is 18.5 Å². The quantitative estimate of drug-likeness (QED) is 0.180. The van der Waals surface area contributed by atoms with Crippen LogP contribution in [0.5, 0.6) is 23.0 Å². The fourth-order valence-electron chi connectivity index (χ4n) is 5.71. The van der Waals surface area contributed by atoms with Gasteiger partial charge in [0.15, 0.2) is 23.1 Å². The van der Waals surface area contributed by atoms with Crippen LogP contribution in [0.1, 0.15) is 18.0 Å². The molecule has 246 valence electrons. The highest BCUT2D eigenvalue weighted by molar-refractivity contribution is 5.97. The second kappa shape index (κ2) is 14.8. The molecule has 1 saturated heterocycles. The van der Waals surface area contributed by atoms with Crippen molar-refractivity contribution in [2.24, 2.45) is 0 Å². The number of amides is 1. The number of hydrogen-bond acceptors (Lipinski definition) is 9. The van der Waals surface area contributed by atoms with Gasteiger partial charge in [0.05, 0.1) is 32.4 Å². The number of carbonyl (C=O) groups is 1. The molecule has 2 aliphatic rings. The fraction of sp³-hybridized carbons (Fsp3) is 0.314. The molecule has 1 amide bonds. The average Bonchev–Trinajstić information content (AvgIpc) is 3.53. The number of ether oxygens (including phenoxy) is 4. The van der Waals surface area contributed by atoms with E-state index in [9.17, 15) is 9.18 Å². The first-order valence-electron chi connectivity index (χ1n) is 15.5. The van der Waals surface area contributed by atoms with Crippen LogP contribution >= 0.6 is 0 Å². The van der Waals surface area contributed by atoms with Crippen molar-refractivity contribution >= 4 is 22.5 Å². The Labute approximate surface area is 271 Å². The van der Waals surface area contributed by atoms with Gasteiger partial charge in [0.25, 0.3) is 0 Å². The third-order valence-electron chi connectivity index (χ3n) is 8.18. The topological polar surface area (TPSA) is 106 Å². The molecule has 0 spiro atoms. The Morgan fingerprint density at radius 1 is 0.957 bits per heavy atom. The summed E-state index contributed by atoms with van der Waals surface area (Å²) in [6, 6.07) is 14.2. The first-order valence-corrected chi connectivity index (χ1v) is 15.5. The summed E-state index contributed by atoms with van der Waals surface area (Å²) >= 11 is 0. The molecule has 47 heavy (non-hydrogen) atoms. The summed E-state index contributed by atoms with van der Waals surface area (Å²) in [5.74, 6) is 0.378. The van der Waals surface area contributed by atoms with Crippen LogP contribution in [0, 0.1) is 11.6 Å². The normalized spacial score (nSPS) is 18.1. The molecule has 3 aromatic carbocycles. The minimum Gasteiger partial charge on any atom is -0.499 e. The zero-order valence-corrected chi connectivity index (χ0v) is 26.2. The molecule has 0 bridgehead atoms. The van der Waals surface area contributed by atoms with Crippen LogP contribution in [0.25, 0.3) is 10.9 Å². The largest absolute Gasteiger partial charge is 0.499 e. The van der Waals surface area contributed by atoms with E-state index in [2.05, 4.69) is 25.8 Å². The Hall–Kier alpha value is -4.78. The standard InChI is InChI=1S/C35H37F2N5O5/c1-44-31-19-25-28(21-32(31)46-17-3-14-42-15-12-38-13-16-42)39-11-10-29(25)47-30-9-8-24(18-26(30)37)40-35(43)34-33(45-2)20-27(41-34)22-4-6-23(36)7-5-22/h4-11,18-21,27,34,38,41H,3,12-17H2,1-2H3,(H,40,43). The van der Waals surface area contributed by atoms with Gasteiger partial charge in [0, 0.05) is 62.1 Å². The molecule has 0 saturated carbocycles. The van der Waals surface area contributed by atoms with Crippen molar-refractivity contribution in [3.05, 3.63) is 95.9 Å². The monoisotopic (exact) mass is 645 g/mol. The summed E-state index contributed by atoms with van der Waals surface area (Å²) in [5, 5.41) is 9.87. The summed E-state index contributed by atoms with van der Waals surface area (Å²) in [6.45, 7) is 5.58. The molecular weight excluding hydrogens is 608 g/mol. The lowest BCUT2D eigenvalue weighted by Crippen LogP contribution is -2.43. The third-order valence-corrected chi connectivity index (χ3v) is 8.18. The van der Waals surface area contributed by atoms with Gasteiger partial charge in [-0.3, -0.25) is 15.1 Å². The van der Waals surface area contributed by atoms with Crippen LogP contribution in [0.4, 0.5) is 14.5 Å². The highest BCUT2D eigenvalue weighted by Gasteiger charge is 2.33. The minimum absolute atomic E-state index is 0.0319. The minimum atomic E-state index is -0.826. The van der Waals surface area contributed by atoms with E-state index in [1.807, 2.05) is 0 Å². The van der Waals surface area contributed by atoms with Gasteiger partial charge in [-0.15, -0.1) is 0 Å². The SMILES string of the molecule is COC1=CC(c2ccc(F)cc2)NC1C(=O)Nc1ccc(Oc2ccnc3cc(OCCCN4CCNCC4)c(OC)cc23)c(F)c1. The molecule has 12 heteroatoms. The number of hydrogen-bond donors (Lipinski definition) is 3. The van der Waals surface area contributed by atoms with E-state index in [-0.39, 0.29) is 23.3 Å². The number of halogens is 2. The maximum absolute atomic E-state index is 15.3. The van der Waals surface area contributed by atoms with Crippen molar-refractivity contribution < 1.29 is 32.5 Å². The number of nitrogens with one attached hydrogen (secondary N) is 3. The number of fused-ring (bicyclic) bond motifs is 1. The van der Waals surface area contributed by atoms with Crippen molar-refractivity contribution in [2.75, 3.05) is 58.9 Å². The van der Waals surface area contributed by atoms with Gasteiger partial charge in [-0.25, -0.2) is 8.78 Å². The lowest BCUT2D eigenvalue weighted by Gasteiger charge is -2.27. The number of aromatic nitrogens is 1. The molecule has 1 aromatic heterocycles. The molecule has 6 rings (SSSR count). The van der Waals surface area contributed by atoms with Crippen LogP contribution in [-0.4, -0.2) is 75.4 Å². The number of carbonyl (C=O) groups excluding carboxylic acids is 1. The maximum atomic E-state index is 15.3. The van der Waals surface area contributed by atoms with Gasteiger partial charge in [0.2, 0.25) is 5.91 Å². The van der Waals surface area contributed by atoms with E-state index >= 15 is 4.39 Å². The zero-order chi connectivity index (χ0) is 32.8. The number of benzene rings is 3. The van der Waals surface area contributed by atoms with Gasteiger partial charge in [-0.05, 0) is 54.5 Å². The summed E-state index contributed by atoms with van der Waals surface area (Å²) in [6.07, 6.45) is 4.22. The van der Waals surface area contributed by atoms with Gasteiger partial charge in [-0.1, -0.05) is 12.1 Å². The molecule has 2 aliphatic heterocycles. The third kappa shape index (κ3) is 7.62.